The third kappa shape index (κ3) is 2.91. The summed E-state index contributed by atoms with van der Waals surface area (Å²) in [6, 6.07) is 28.9. The van der Waals surface area contributed by atoms with Crippen molar-refractivity contribution in [2.45, 2.75) is 0 Å². The van der Waals surface area contributed by atoms with Gasteiger partial charge in [0.1, 0.15) is 5.69 Å². The van der Waals surface area contributed by atoms with Crippen molar-refractivity contribution in [3.05, 3.63) is 101 Å². The predicted octanol–water partition coefficient (Wildman–Crippen LogP) is 5.93. The minimum atomic E-state index is -0.267. The fourth-order valence-electron chi connectivity index (χ4n) is 3.59. The van der Waals surface area contributed by atoms with E-state index in [4.69, 9.17) is 0 Å². The zero-order chi connectivity index (χ0) is 18.8. The maximum absolute atomic E-state index is 12.2. The van der Waals surface area contributed by atoms with Crippen molar-refractivity contribution in [2.24, 2.45) is 7.05 Å². The summed E-state index contributed by atoms with van der Waals surface area (Å²) >= 11 is 0. The number of rotatable bonds is 4. The second-order valence-electron chi connectivity index (χ2n) is 6.34. The van der Waals surface area contributed by atoms with E-state index in [0.717, 1.165) is 22.4 Å². The van der Waals surface area contributed by atoms with Gasteiger partial charge in [-0.3, -0.25) is 10.1 Å². The topological polar surface area (TPSA) is 48.1 Å². The zero-order valence-corrected chi connectivity index (χ0v) is 14.9. The fraction of sp³-hybridized carbons (Fsp3) is 0.0435. The molecule has 4 rings (SSSR count). The van der Waals surface area contributed by atoms with Crippen molar-refractivity contribution in [1.82, 2.24) is 4.57 Å². The SMILES string of the molecule is Cn1c(-c2ccccc2)c(-c2ccccc2)c([N+](=O)[O-])c1-c1ccccc1. The van der Waals surface area contributed by atoms with Crippen LogP contribution in [0.15, 0.2) is 91.0 Å². The minimum absolute atomic E-state index is 0.133. The third-order valence-corrected chi connectivity index (χ3v) is 4.71. The summed E-state index contributed by atoms with van der Waals surface area (Å²) in [5.74, 6) is 0. The monoisotopic (exact) mass is 354 g/mol. The van der Waals surface area contributed by atoms with Crippen molar-refractivity contribution in [3.8, 4) is 33.6 Å². The van der Waals surface area contributed by atoms with Gasteiger partial charge in [0.05, 0.1) is 16.2 Å². The van der Waals surface area contributed by atoms with Crippen molar-refractivity contribution >= 4 is 5.69 Å². The van der Waals surface area contributed by atoms with Gasteiger partial charge in [-0.1, -0.05) is 91.0 Å². The summed E-state index contributed by atoms with van der Waals surface area (Å²) in [6.45, 7) is 0. The van der Waals surface area contributed by atoms with E-state index in [1.54, 1.807) is 0 Å². The van der Waals surface area contributed by atoms with Crippen LogP contribution in [0.4, 0.5) is 5.69 Å². The molecule has 0 amide bonds. The molecule has 0 N–H and O–H groups in total. The van der Waals surface area contributed by atoms with E-state index in [0.29, 0.717) is 11.3 Å². The highest BCUT2D eigenvalue weighted by Gasteiger charge is 2.31. The van der Waals surface area contributed by atoms with Gasteiger partial charge in [0, 0.05) is 12.6 Å². The number of nitrogens with zero attached hydrogens (tertiary/aromatic N) is 2. The molecular weight excluding hydrogens is 336 g/mol. The number of hydrogen-bond donors (Lipinski definition) is 0. The van der Waals surface area contributed by atoms with Crippen LogP contribution < -0.4 is 0 Å². The first kappa shape index (κ1) is 16.8. The molecule has 0 aliphatic rings. The molecule has 0 unspecified atom stereocenters. The molecule has 4 nitrogen and oxygen atoms in total. The van der Waals surface area contributed by atoms with Crippen molar-refractivity contribution in [1.29, 1.82) is 0 Å². The fourth-order valence-corrected chi connectivity index (χ4v) is 3.59. The molecule has 0 aliphatic heterocycles. The van der Waals surface area contributed by atoms with Crippen molar-refractivity contribution < 1.29 is 4.92 Å². The normalized spacial score (nSPS) is 10.7. The maximum atomic E-state index is 12.2. The van der Waals surface area contributed by atoms with Gasteiger partial charge in [-0.2, -0.15) is 0 Å². The third-order valence-electron chi connectivity index (χ3n) is 4.71. The quantitative estimate of drug-likeness (QED) is 0.337. The average molecular weight is 354 g/mol. The van der Waals surface area contributed by atoms with Gasteiger partial charge in [0.15, 0.2) is 0 Å². The summed E-state index contributed by atoms with van der Waals surface area (Å²) in [5, 5.41) is 12.2. The first-order chi connectivity index (χ1) is 13.2. The smallest absolute Gasteiger partial charge is 0.303 e. The molecule has 4 aromatic rings. The molecule has 0 radical (unpaired) electrons. The predicted molar refractivity (Wildman–Crippen MR) is 108 cm³/mol. The van der Waals surface area contributed by atoms with Crippen LogP contribution in [0.1, 0.15) is 0 Å². The van der Waals surface area contributed by atoms with Crippen LogP contribution in [-0.4, -0.2) is 9.49 Å². The van der Waals surface area contributed by atoms with E-state index in [-0.39, 0.29) is 10.6 Å². The number of hydrogen-bond acceptors (Lipinski definition) is 2. The Morgan fingerprint density at radius 1 is 0.667 bits per heavy atom. The van der Waals surface area contributed by atoms with E-state index in [2.05, 4.69) is 0 Å². The second-order valence-corrected chi connectivity index (χ2v) is 6.34. The highest BCUT2D eigenvalue weighted by atomic mass is 16.6. The summed E-state index contributed by atoms with van der Waals surface area (Å²) in [5.41, 5.74) is 4.84. The lowest BCUT2D eigenvalue weighted by molar-refractivity contribution is -0.383. The summed E-state index contributed by atoms with van der Waals surface area (Å²) < 4.78 is 1.94. The first-order valence-electron chi connectivity index (χ1n) is 8.72. The number of nitro groups is 1. The first-order valence-corrected chi connectivity index (χ1v) is 8.72. The molecule has 3 aromatic carbocycles. The summed E-state index contributed by atoms with van der Waals surface area (Å²) in [7, 11) is 1.89. The van der Waals surface area contributed by atoms with Gasteiger partial charge in [-0.15, -0.1) is 0 Å². The Morgan fingerprint density at radius 3 is 1.52 bits per heavy atom. The van der Waals surface area contributed by atoms with Crippen LogP contribution in [0.2, 0.25) is 0 Å². The highest BCUT2D eigenvalue weighted by Crippen LogP contribution is 2.47. The molecule has 0 spiro atoms. The Kier molecular flexibility index (Phi) is 4.30. The molecule has 0 saturated carbocycles. The molecule has 0 fully saturated rings. The molecular formula is C23H18N2O2. The number of benzene rings is 3. The molecule has 27 heavy (non-hydrogen) atoms. The van der Waals surface area contributed by atoms with Gasteiger partial charge in [-0.05, 0) is 11.1 Å². The molecule has 0 saturated heterocycles. The standard InChI is InChI=1S/C23H18N2O2/c1-24-21(18-13-7-3-8-14-18)20(17-11-5-2-6-12-17)23(25(26)27)22(24)19-15-9-4-10-16-19/h2-16H,1H3. The van der Waals surface area contributed by atoms with Gasteiger partial charge >= 0.3 is 5.69 Å². The Balaban J connectivity index is 2.14. The van der Waals surface area contributed by atoms with E-state index in [1.807, 2.05) is 103 Å². The van der Waals surface area contributed by atoms with Crippen LogP contribution >= 0.6 is 0 Å². The lowest BCUT2D eigenvalue weighted by Crippen LogP contribution is -1.96. The van der Waals surface area contributed by atoms with Crippen LogP contribution in [0.3, 0.4) is 0 Å². The Morgan fingerprint density at radius 2 is 1.07 bits per heavy atom. The second kappa shape index (κ2) is 6.92. The molecule has 0 bridgehead atoms. The van der Waals surface area contributed by atoms with Crippen LogP contribution in [-0.2, 0) is 7.05 Å². The van der Waals surface area contributed by atoms with Gasteiger partial charge < -0.3 is 4.57 Å². The van der Waals surface area contributed by atoms with Crippen LogP contribution in [0.5, 0.6) is 0 Å². The van der Waals surface area contributed by atoms with Crippen LogP contribution in [0, 0.1) is 10.1 Å². The molecule has 4 heteroatoms. The van der Waals surface area contributed by atoms with Gasteiger partial charge in [-0.25, -0.2) is 0 Å². The molecule has 0 aliphatic carbocycles. The largest absolute Gasteiger partial charge is 0.337 e. The van der Waals surface area contributed by atoms with E-state index in [9.17, 15) is 10.1 Å². The van der Waals surface area contributed by atoms with Crippen molar-refractivity contribution in [3.63, 3.8) is 0 Å². The zero-order valence-electron chi connectivity index (χ0n) is 14.9. The Labute approximate surface area is 157 Å². The van der Waals surface area contributed by atoms with Gasteiger partial charge in [0.25, 0.3) is 0 Å². The van der Waals surface area contributed by atoms with E-state index in [1.165, 1.54) is 0 Å². The Hall–Kier alpha value is -3.66. The Bertz CT molecular complexity index is 1090. The van der Waals surface area contributed by atoms with E-state index < -0.39 is 0 Å². The van der Waals surface area contributed by atoms with Gasteiger partial charge in [0.2, 0.25) is 0 Å². The lowest BCUT2D eigenvalue weighted by atomic mass is 9.99. The molecule has 1 aromatic heterocycles. The van der Waals surface area contributed by atoms with Crippen molar-refractivity contribution in [2.75, 3.05) is 0 Å². The molecule has 1 heterocycles. The minimum Gasteiger partial charge on any atom is -0.337 e. The number of aromatic nitrogens is 1. The van der Waals surface area contributed by atoms with Crippen LogP contribution in [0.25, 0.3) is 33.6 Å². The van der Waals surface area contributed by atoms with E-state index >= 15 is 0 Å². The summed E-state index contributed by atoms with van der Waals surface area (Å²) in [6.07, 6.45) is 0. The maximum Gasteiger partial charge on any atom is 0.303 e. The lowest BCUT2D eigenvalue weighted by Gasteiger charge is -2.08. The molecule has 132 valence electrons. The average Bonchev–Trinajstić information content (AvgIpc) is 3.03. The highest BCUT2D eigenvalue weighted by molar-refractivity contribution is 5.96. The molecule has 0 atom stereocenters. The summed E-state index contributed by atoms with van der Waals surface area (Å²) in [4.78, 5) is 11.9.